The average Bonchev–Trinajstić information content (AvgIpc) is 3.21. The van der Waals surface area contributed by atoms with Crippen LogP contribution in [0.2, 0.25) is 0 Å². The number of halogens is 3. The summed E-state index contributed by atoms with van der Waals surface area (Å²) in [5.74, 6) is -2.31. The Morgan fingerprint density at radius 2 is 1.77 bits per heavy atom. The number of hydrogen-bond acceptors (Lipinski definition) is 8. The zero-order chi connectivity index (χ0) is 21.9. The molecule has 5 atom stereocenters. The van der Waals surface area contributed by atoms with Crippen molar-refractivity contribution in [1.29, 1.82) is 0 Å². The maximum absolute atomic E-state index is 12.8. The second kappa shape index (κ2) is 7.69. The molecule has 3 aliphatic rings. The number of hydrogen-bond donors (Lipinski definition) is 0. The van der Waals surface area contributed by atoms with Crippen molar-refractivity contribution in [2.45, 2.75) is 65.6 Å². The molecule has 0 aromatic heterocycles. The summed E-state index contributed by atoms with van der Waals surface area (Å²) in [6.07, 6.45) is -4.24. The molecule has 3 saturated heterocycles. The van der Waals surface area contributed by atoms with Gasteiger partial charge in [-0.15, -0.1) is 0 Å². The third-order valence-electron chi connectivity index (χ3n) is 5.01. The van der Waals surface area contributed by atoms with Crippen LogP contribution >= 0.6 is 34.8 Å². The molecule has 3 aliphatic heterocycles. The Morgan fingerprint density at radius 3 is 2.33 bits per heavy atom. The Bertz CT molecular complexity index is 901. The van der Waals surface area contributed by atoms with Crippen molar-refractivity contribution in [3.63, 3.8) is 0 Å². The van der Waals surface area contributed by atoms with Gasteiger partial charge in [0, 0.05) is 0 Å². The number of benzene rings is 1. The molecule has 30 heavy (non-hydrogen) atoms. The Hall–Kier alpha value is -0.200. The smallest absolute Gasteiger partial charge is 0.297 e. The third kappa shape index (κ3) is 4.34. The SMILES string of the molecule is Cc1ccc(S(=O)(=O)O[C@@H]2CO[C@]3(COC(C)(C)O3)[C@H]3O[C@H](C(Cl)(Cl)Cl)O[C@@H]23)cc1. The molecular formula is C18H21Cl3O8S. The van der Waals surface area contributed by atoms with Crippen LogP contribution in [-0.4, -0.2) is 61.6 Å². The van der Waals surface area contributed by atoms with E-state index in [2.05, 4.69) is 0 Å². The van der Waals surface area contributed by atoms with Crippen molar-refractivity contribution in [1.82, 2.24) is 0 Å². The first kappa shape index (κ1) is 23.0. The molecule has 12 heteroatoms. The molecule has 0 unspecified atom stereocenters. The molecule has 8 nitrogen and oxygen atoms in total. The maximum Gasteiger partial charge on any atom is 0.297 e. The van der Waals surface area contributed by atoms with Crippen molar-refractivity contribution >= 4 is 44.9 Å². The quantitative estimate of drug-likeness (QED) is 0.459. The van der Waals surface area contributed by atoms with Gasteiger partial charge in [-0.3, -0.25) is 4.18 Å². The van der Waals surface area contributed by atoms with Gasteiger partial charge in [0.05, 0.1) is 11.5 Å². The molecule has 1 aromatic carbocycles. The van der Waals surface area contributed by atoms with Gasteiger partial charge in [0.1, 0.15) is 24.9 Å². The van der Waals surface area contributed by atoms with Crippen LogP contribution in [0.4, 0.5) is 0 Å². The lowest BCUT2D eigenvalue weighted by Crippen LogP contribution is -2.62. The van der Waals surface area contributed by atoms with E-state index >= 15 is 0 Å². The second-order valence-corrected chi connectivity index (χ2v) is 11.8. The van der Waals surface area contributed by atoms with Gasteiger partial charge in [-0.05, 0) is 32.9 Å². The van der Waals surface area contributed by atoms with Crippen LogP contribution in [0.25, 0.3) is 0 Å². The lowest BCUT2D eigenvalue weighted by atomic mass is 9.97. The van der Waals surface area contributed by atoms with Crippen LogP contribution in [0.3, 0.4) is 0 Å². The summed E-state index contributed by atoms with van der Waals surface area (Å²) in [7, 11) is -4.11. The maximum atomic E-state index is 12.8. The van der Waals surface area contributed by atoms with E-state index in [1.807, 2.05) is 6.92 Å². The van der Waals surface area contributed by atoms with Crippen molar-refractivity contribution in [2.24, 2.45) is 0 Å². The highest BCUT2D eigenvalue weighted by Gasteiger charge is 2.65. The Labute approximate surface area is 189 Å². The van der Waals surface area contributed by atoms with Crippen LogP contribution in [-0.2, 0) is 38.0 Å². The topological polar surface area (TPSA) is 89.5 Å². The Kier molecular flexibility index (Phi) is 5.89. The molecule has 1 aromatic rings. The fourth-order valence-electron chi connectivity index (χ4n) is 3.61. The van der Waals surface area contributed by atoms with Crippen LogP contribution < -0.4 is 0 Å². The lowest BCUT2D eigenvalue weighted by Gasteiger charge is -2.42. The largest absolute Gasteiger partial charge is 0.345 e. The first-order chi connectivity index (χ1) is 13.8. The van der Waals surface area contributed by atoms with Gasteiger partial charge >= 0.3 is 0 Å². The molecule has 0 N–H and O–H groups in total. The van der Waals surface area contributed by atoms with E-state index in [9.17, 15) is 8.42 Å². The zero-order valence-corrected chi connectivity index (χ0v) is 19.4. The summed E-state index contributed by atoms with van der Waals surface area (Å²) >= 11 is 17.9. The van der Waals surface area contributed by atoms with Crippen LogP contribution in [0.1, 0.15) is 19.4 Å². The van der Waals surface area contributed by atoms with E-state index in [1.165, 1.54) is 12.1 Å². The number of fused-ring (bicyclic) bond motifs is 2. The van der Waals surface area contributed by atoms with E-state index < -0.39 is 50.1 Å². The minimum Gasteiger partial charge on any atom is -0.345 e. The summed E-state index contributed by atoms with van der Waals surface area (Å²) < 4.78 is 58.1. The van der Waals surface area contributed by atoms with Gasteiger partial charge in [-0.1, -0.05) is 52.5 Å². The molecular weight excluding hydrogens is 483 g/mol. The fraction of sp³-hybridized carbons (Fsp3) is 0.667. The summed E-state index contributed by atoms with van der Waals surface area (Å²) in [5, 5.41) is 0. The van der Waals surface area contributed by atoms with Gasteiger partial charge in [0.25, 0.3) is 10.1 Å². The van der Waals surface area contributed by atoms with E-state index in [1.54, 1.807) is 26.0 Å². The standard InChI is InChI=1S/C18H21Cl3O8S/c1-10-4-6-11(7-5-10)30(22,23)28-12-8-24-17(9-25-16(2,3)29-17)14-13(12)26-15(27-14)18(19,20)21/h4-7,12-15H,8-9H2,1-3H3/t12-,13+,14+,15-,17+/m1/s1. The molecule has 1 spiro atoms. The average molecular weight is 504 g/mol. The van der Waals surface area contributed by atoms with E-state index in [4.69, 9.17) is 62.7 Å². The highest BCUT2D eigenvalue weighted by Crippen LogP contribution is 2.48. The minimum atomic E-state index is -4.11. The fourth-order valence-corrected chi connectivity index (χ4v) is 4.99. The third-order valence-corrected chi connectivity index (χ3v) is 6.89. The van der Waals surface area contributed by atoms with Crippen LogP contribution in [0.5, 0.6) is 0 Å². The zero-order valence-electron chi connectivity index (χ0n) is 16.3. The summed E-state index contributed by atoms with van der Waals surface area (Å²) in [6, 6.07) is 6.26. The first-order valence-electron chi connectivity index (χ1n) is 9.17. The van der Waals surface area contributed by atoms with Gasteiger partial charge in [0.15, 0.2) is 5.79 Å². The second-order valence-electron chi connectivity index (χ2n) is 7.85. The van der Waals surface area contributed by atoms with Crippen molar-refractivity contribution in [3.05, 3.63) is 29.8 Å². The number of rotatable bonds is 3. The summed E-state index contributed by atoms with van der Waals surface area (Å²) in [4.78, 5) is 0.00311. The summed E-state index contributed by atoms with van der Waals surface area (Å²) in [6.45, 7) is 5.14. The number of alkyl halides is 3. The van der Waals surface area contributed by atoms with Gasteiger partial charge < -0.3 is 23.7 Å². The van der Waals surface area contributed by atoms with Crippen molar-refractivity contribution in [3.8, 4) is 0 Å². The minimum absolute atomic E-state index is 0.00311. The van der Waals surface area contributed by atoms with E-state index in [-0.39, 0.29) is 18.1 Å². The van der Waals surface area contributed by atoms with E-state index in [0.717, 1.165) is 5.56 Å². The summed E-state index contributed by atoms with van der Waals surface area (Å²) in [5.41, 5.74) is 0.913. The predicted octanol–water partition coefficient (Wildman–Crippen LogP) is 3.06. The molecule has 4 rings (SSSR count). The molecule has 0 radical (unpaired) electrons. The number of aryl methyl sites for hydroxylation is 1. The normalized spacial score (nSPS) is 36.2. The van der Waals surface area contributed by atoms with E-state index in [0.29, 0.717) is 0 Å². The van der Waals surface area contributed by atoms with Crippen LogP contribution in [0.15, 0.2) is 29.2 Å². The highest BCUT2D eigenvalue weighted by molar-refractivity contribution is 7.86. The Balaban J connectivity index is 1.61. The van der Waals surface area contributed by atoms with Crippen molar-refractivity contribution in [2.75, 3.05) is 13.2 Å². The molecule has 0 amide bonds. The molecule has 0 saturated carbocycles. The Morgan fingerprint density at radius 1 is 1.10 bits per heavy atom. The number of ether oxygens (including phenoxy) is 5. The first-order valence-corrected chi connectivity index (χ1v) is 11.7. The molecule has 0 bridgehead atoms. The molecule has 168 valence electrons. The van der Waals surface area contributed by atoms with Crippen LogP contribution in [0, 0.1) is 6.92 Å². The van der Waals surface area contributed by atoms with Gasteiger partial charge in [0.2, 0.25) is 15.9 Å². The monoisotopic (exact) mass is 502 g/mol. The van der Waals surface area contributed by atoms with Crippen molar-refractivity contribution < 1.29 is 36.3 Å². The lowest BCUT2D eigenvalue weighted by molar-refractivity contribution is -0.319. The molecule has 3 fully saturated rings. The predicted molar refractivity (Wildman–Crippen MR) is 107 cm³/mol. The molecule has 3 heterocycles. The van der Waals surface area contributed by atoms with Gasteiger partial charge in [-0.2, -0.15) is 8.42 Å². The highest BCUT2D eigenvalue weighted by atomic mass is 35.6. The molecule has 0 aliphatic carbocycles. The van der Waals surface area contributed by atoms with Gasteiger partial charge in [-0.25, -0.2) is 0 Å².